The standard InChI is InChI=1S/C31H21Cl2FN6O5S2/c1-3-45-29(42)25-15(2)35-31-39(26(25)17-5-8-19(34)9-6-17)28(41)24(47-31)13-16-4-11-23(22(12-16)40(43)44)46-30-36-27(37-38-30)20-10-7-18(32)14-21(20)33/h4-14,26H,3H2,1-2H3,(H,36,37,38)/b24-13+/t26-/m0/s1. The van der Waals surface area contributed by atoms with Crippen molar-refractivity contribution in [2.24, 2.45) is 4.99 Å². The number of allylic oxidation sites excluding steroid dienone is 1. The Labute approximate surface area is 283 Å². The summed E-state index contributed by atoms with van der Waals surface area (Å²) in [5.41, 5.74) is 1.24. The average molecular weight is 712 g/mol. The van der Waals surface area contributed by atoms with E-state index in [1.807, 2.05) is 0 Å². The average Bonchev–Trinajstić information content (AvgIpc) is 3.61. The Morgan fingerprint density at radius 2 is 1.96 bits per heavy atom. The van der Waals surface area contributed by atoms with Gasteiger partial charge in [-0.1, -0.05) is 52.7 Å². The van der Waals surface area contributed by atoms with Crippen molar-refractivity contribution in [3.8, 4) is 11.4 Å². The van der Waals surface area contributed by atoms with E-state index in [0.717, 1.165) is 23.1 Å². The van der Waals surface area contributed by atoms with Crippen molar-refractivity contribution in [1.29, 1.82) is 0 Å². The van der Waals surface area contributed by atoms with E-state index in [1.54, 1.807) is 44.2 Å². The van der Waals surface area contributed by atoms with Gasteiger partial charge in [-0.15, -0.1) is 5.10 Å². The molecule has 6 rings (SSSR count). The molecule has 2 aromatic heterocycles. The first-order valence-corrected chi connectivity index (χ1v) is 16.2. The number of halogens is 3. The van der Waals surface area contributed by atoms with Crippen LogP contribution in [0.3, 0.4) is 0 Å². The number of nitro benzene ring substituents is 1. The number of fused-ring (bicyclic) bond motifs is 1. The van der Waals surface area contributed by atoms with Crippen LogP contribution in [0.25, 0.3) is 17.5 Å². The molecule has 0 aliphatic carbocycles. The van der Waals surface area contributed by atoms with Crippen molar-refractivity contribution in [3.63, 3.8) is 0 Å². The van der Waals surface area contributed by atoms with E-state index in [1.165, 1.54) is 41.0 Å². The number of nitrogens with one attached hydrogen (secondary N) is 1. The normalized spacial score (nSPS) is 14.6. The SMILES string of the molecule is CCOC(=O)C1=C(C)N=c2s/c(=C/c3ccc(Sc4n[nH]c(-c5ccc(Cl)cc5Cl)n4)c([N+](=O)[O-])c3)c(=O)n2[C@H]1c1ccc(F)cc1. The van der Waals surface area contributed by atoms with E-state index < -0.39 is 28.3 Å². The summed E-state index contributed by atoms with van der Waals surface area (Å²) in [6, 6.07) is 14.0. The highest BCUT2D eigenvalue weighted by Gasteiger charge is 2.33. The maximum Gasteiger partial charge on any atom is 0.338 e. The van der Waals surface area contributed by atoms with Gasteiger partial charge in [0.25, 0.3) is 11.2 Å². The van der Waals surface area contributed by atoms with Gasteiger partial charge in [0.05, 0.1) is 43.3 Å². The zero-order valence-corrected chi connectivity index (χ0v) is 27.5. The molecule has 16 heteroatoms. The first kappa shape index (κ1) is 32.3. The number of hydrogen-bond acceptors (Lipinski definition) is 10. The third-order valence-corrected chi connectivity index (χ3v) is 9.49. The van der Waals surface area contributed by atoms with Crippen LogP contribution in [0.5, 0.6) is 0 Å². The highest BCUT2D eigenvalue weighted by molar-refractivity contribution is 7.99. The van der Waals surface area contributed by atoms with E-state index in [-0.39, 0.29) is 32.5 Å². The number of nitro groups is 1. The van der Waals surface area contributed by atoms with Gasteiger partial charge in [-0.2, -0.15) is 0 Å². The number of benzene rings is 3. The van der Waals surface area contributed by atoms with Crippen molar-refractivity contribution in [3.05, 3.63) is 129 Å². The molecule has 5 aromatic rings. The molecule has 0 radical (unpaired) electrons. The molecule has 0 spiro atoms. The number of ether oxygens (including phenoxy) is 1. The Balaban J connectivity index is 1.37. The predicted molar refractivity (Wildman–Crippen MR) is 176 cm³/mol. The number of nitrogens with zero attached hydrogens (tertiary/aromatic N) is 5. The molecule has 1 atom stereocenters. The third kappa shape index (κ3) is 6.49. The van der Waals surface area contributed by atoms with Gasteiger partial charge in [0.15, 0.2) is 10.6 Å². The number of H-pyrrole nitrogens is 1. The molecule has 238 valence electrons. The van der Waals surface area contributed by atoms with Gasteiger partial charge in [0.1, 0.15) is 5.82 Å². The molecule has 1 aliphatic heterocycles. The topological polar surface area (TPSA) is 145 Å². The van der Waals surface area contributed by atoms with Gasteiger partial charge in [0.2, 0.25) is 5.16 Å². The summed E-state index contributed by atoms with van der Waals surface area (Å²) in [7, 11) is 0. The number of hydrogen-bond donors (Lipinski definition) is 1. The quantitative estimate of drug-likeness (QED) is 0.116. The lowest BCUT2D eigenvalue weighted by atomic mass is 9.96. The van der Waals surface area contributed by atoms with Crippen LogP contribution in [0.15, 0.2) is 91.8 Å². The lowest BCUT2D eigenvalue weighted by molar-refractivity contribution is -0.387. The van der Waals surface area contributed by atoms with Gasteiger partial charge in [-0.3, -0.25) is 24.6 Å². The molecule has 11 nitrogen and oxygen atoms in total. The van der Waals surface area contributed by atoms with Crippen LogP contribution in [0.4, 0.5) is 10.1 Å². The number of esters is 1. The molecule has 0 saturated heterocycles. The number of aromatic amines is 1. The number of carbonyl (C=O) groups excluding carboxylic acids is 1. The second kappa shape index (κ2) is 13.2. The third-order valence-electron chi connectivity index (χ3n) is 7.03. The van der Waals surface area contributed by atoms with E-state index >= 15 is 0 Å². The fourth-order valence-corrected chi connectivity index (χ4v) is 7.29. The summed E-state index contributed by atoms with van der Waals surface area (Å²) in [5, 5.41) is 20.1. The Morgan fingerprint density at radius 3 is 2.66 bits per heavy atom. The fourth-order valence-electron chi connectivity index (χ4n) is 4.95. The summed E-state index contributed by atoms with van der Waals surface area (Å²) in [6.07, 6.45) is 1.52. The van der Waals surface area contributed by atoms with Crippen LogP contribution < -0.4 is 14.9 Å². The first-order valence-electron chi connectivity index (χ1n) is 13.8. The lowest BCUT2D eigenvalue weighted by Crippen LogP contribution is -2.39. The first-order chi connectivity index (χ1) is 22.5. The second-order valence-corrected chi connectivity index (χ2v) is 12.9. The van der Waals surface area contributed by atoms with Crippen LogP contribution in [-0.2, 0) is 9.53 Å². The van der Waals surface area contributed by atoms with Crippen LogP contribution in [0.2, 0.25) is 10.0 Å². The Hall–Kier alpha value is -4.63. The summed E-state index contributed by atoms with van der Waals surface area (Å²) in [4.78, 5) is 47.9. The molecule has 0 bridgehead atoms. The number of aromatic nitrogens is 4. The minimum absolute atomic E-state index is 0.108. The summed E-state index contributed by atoms with van der Waals surface area (Å²) in [5.74, 6) is -0.753. The van der Waals surface area contributed by atoms with Gasteiger partial charge in [-0.05, 0) is 79.2 Å². The Kier molecular flexibility index (Phi) is 9.10. The Bertz CT molecular complexity index is 2280. The molecule has 0 amide bonds. The highest BCUT2D eigenvalue weighted by atomic mass is 35.5. The number of carbonyl (C=O) groups is 1. The van der Waals surface area contributed by atoms with Crippen molar-refractivity contribution in [1.82, 2.24) is 19.7 Å². The van der Waals surface area contributed by atoms with Crippen molar-refractivity contribution >= 4 is 64.0 Å². The van der Waals surface area contributed by atoms with Crippen molar-refractivity contribution in [2.45, 2.75) is 29.9 Å². The fraction of sp³-hybridized carbons (Fsp3) is 0.129. The molecule has 0 unspecified atom stereocenters. The highest BCUT2D eigenvalue weighted by Crippen LogP contribution is 2.36. The number of thiazole rings is 1. The lowest BCUT2D eigenvalue weighted by Gasteiger charge is -2.24. The second-order valence-electron chi connectivity index (χ2n) is 10.0. The van der Waals surface area contributed by atoms with E-state index in [2.05, 4.69) is 20.2 Å². The molecule has 3 heterocycles. The molecular weight excluding hydrogens is 690 g/mol. The van der Waals surface area contributed by atoms with Gasteiger partial charge in [0, 0.05) is 16.7 Å². The molecule has 3 aromatic carbocycles. The van der Waals surface area contributed by atoms with Crippen LogP contribution >= 0.6 is 46.3 Å². The van der Waals surface area contributed by atoms with E-state index in [4.69, 9.17) is 27.9 Å². The van der Waals surface area contributed by atoms with Gasteiger partial charge in [-0.25, -0.2) is 19.2 Å². The summed E-state index contributed by atoms with van der Waals surface area (Å²) in [6.45, 7) is 3.41. The van der Waals surface area contributed by atoms with Crippen LogP contribution in [0.1, 0.15) is 31.0 Å². The van der Waals surface area contributed by atoms with Crippen molar-refractivity contribution in [2.75, 3.05) is 6.61 Å². The van der Waals surface area contributed by atoms with Crippen LogP contribution in [-0.4, -0.2) is 37.2 Å². The summed E-state index contributed by atoms with van der Waals surface area (Å²) < 4.78 is 20.7. The van der Waals surface area contributed by atoms with E-state index in [0.29, 0.717) is 43.1 Å². The Morgan fingerprint density at radius 1 is 1.19 bits per heavy atom. The molecule has 0 saturated carbocycles. The van der Waals surface area contributed by atoms with Gasteiger partial charge >= 0.3 is 5.97 Å². The maximum absolute atomic E-state index is 13.8. The minimum atomic E-state index is -0.921. The smallest absolute Gasteiger partial charge is 0.338 e. The molecule has 1 aliphatic rings. The van der Waals surface area contributed by atoms with Crippen LogP contribution in [0, 0.1) is 15.9 Å². The molecule has 0 fully saturated rings. The maximum atomic E-state index is 13.8. The predicted octanol–water partition coefficient (Wildman–Crippen LogP) is 6.09. The molecular formula is C31H21Cl2FN6O5S2. The molecule has 1 N–H and O–H groups in total. The zero-order valence-electron chi connectivity index (χ0n) is 24.4. The zero-order chi connectivity index (χ0) is 33.4. The van der Waals surface area contributed by atoms with E-state index in [9.17, 15) is 24.1 Å². The number of rotatable bonds is 8. The molecule has 47 heavy (non-hydrogen) atoms. The van der Waals surface area contributed by atoms with Gasteiger partial charge < -0.3 is 4.74 Å². The minimum Gasteiger partial charge on any atom is -0.463 e. The van der Waals surface area contributed by atoms with Crippen molar-refractivity contribution < 1.29 is 18.8 Å². The largest absolute Gasteiger partial charge is 0.463 e. The summed E-state index contributed by atoms with van der Waals surface area (Å²) >= 11 is 14.3. The monoisotopic (exact) mass is 710 g/mol.